The van der Waals surface area contributed by atoms with Crippen molar-refractivity contribution in [3.63, 3.8) is 0 Å². The third-order valence-corrected chi connectivity index (χ3v) is 18.6. The van der Waals surface area contributed by atoms with Gasteiger partial charge in [0.1, 0.15) is 54.4 Å². The Morgan fingerprint density at radius 2 is 1.22 bits per heavy atom. The summed E-state index contributed by atoms with van der Waals surface area (Å²) in [7, 11) is 0. The van der Waals surface area contributed by atoms with Crippen molar-refractivity contribution in [3.8, 4) is 0 Å². The monoisotopic (exact) mass is 1320 g/mol. The maximum atomic E-state index is 15.4. The zero-order valence-corrected chi connectivity index (χ0v) is 53.1. The van der Waals surface area contributed by atoms with E-state index in [9.17, 15) is 53.7 Å². The molecule has 0 radical (unpaired) electrons. The Balaban J connectivity index is 1.04. The number of guanidine groups is 3. The van der Waals surface area contributed by atoms with E-state index in [1.807, 2.05) is 6.07 Å². The molecule has 32 nitrogen and oxygen atoms in total. The molecule has 2 aromatic rings. The van der Waals surface area contributed by atoms with Crippen LogP contribution in [0, 0.1) is 5.92 Å². The first-order valence-corrected chi connectivity index (χ1v) is 32.5. The summed E-state index contributed by atoms with van der Waals surface area (Å²) >= 11 is 1.27. The maximum Gasteiger partial charge on any atom is 0.326 e. The number of rotatable bonds is 30. The number of carboxylic acid groups (broad SMARTS) is 1. The fourth-order valence-electron chi connectivity index (χ4n) is 13.0. The number of nitrogens with zero attached hydrogens (tertiary/aromatic N) is 7. The average Bonchev–Trinajstić information content (AvgIpc) is 1.72. The molecule has 13 atom stereocenters. The summed E-state index contributed by atoms with van der Waals surface area (Å²) in [5, 5.41) is 47.0. The van der Waals surface area contributed by atoms with Crippen molar-refractivity contribution < 1.29 is 63.3 Å². The van der Waals surface area contributed by atoms with Gasteiger partial charge in [-0.3, -0.25) is 58.1 Å². The van der Waals surface area contributed by atoms with Gasteiger partial charge in [-0.25, -0.2) is 4.79 Å². The third-order valence-electron chi connectivity index (χ3n) is 17.7. The summed E-state index contributed by atoms with van der Waals surface area (Å²) in [4.78, 5) is 160. The number of likely N-dealkylation sites (tertiary alicyclic amines) is 3. The van der Waals surface area contributed by atoms with E-state index in [-0.39, 0.29) is 127 Å². The second-order valence-electron chi connectivity index (χ2n) is 24.4. The van der Waals surface area contributed by atoms with Crippen LogP contribution in [0.2, 0.25) is 0 Å². The lowest BCUT2D eigenvalue weighted by molar-refractivity contribution is -0.153. The van der Waals surface area contributed by atoms with Crippen LogP contribution in [0.4, 0.5) is 0 Å². The van der Waals surface area contributed by atoms with Crippen molar-refractivity contribution in [2.45, 2.75) is 189 Å². The molecule has 0 bridgehead atoms. The van der Waals surface area contributed by atoms with E-state index in [0.717, 1.165) is 29.7 Å². The third kappa shape index (κ3) is 19.2. The largest absolute Gasteiger partial charge is 0.480 e. The molecular weight excluding hydrogens is 1230 g/mol. The molecule has 0 spiro atoms. The number of nitrogens with two attached hydrogens (primary N) is 7. The lowest BCUT2D eigenvalue weighted by Gasteiger charge is -2.42. The molecule has 1 aromatic heterocycles. The van der Waals surface area contributed by atoms with Crippen molar-refractivity contribution >= 4 is 88.3 Å². The van der Waals surface area contributed by atoms with Crippen molar-refractivity contribution in [2.24, 2.45) is 61.0 Å². The number of β-amino-alcohol motifs (C(OH)–C–C–N with tert-alkyl or cyclic N) is 1. The number of aliphatic carboxylic acids is 1. The summed E-state index contributed by atoms with van der Waals surface area (Å²) in [5.74, 6) is -8.34. The Bertz CT molecular complexity index is 3090. The van der Waals surface area contributed by atoms with Crippen LogP contribution in [0.5, 0.6) is 0 Å². The second-order valence-corrected chi connectivity index (χ2v) is 25.4. The fourth-order valence-corrected chi connectivity index (χ4v) is 13.8. The number of nitrogens with one attached hydrogen (secondary N) is 5. The van der Waals surface area contributed by atoms with Gasteiger partial charge in [0.25, 0.3) is 0 Å². The van der Waals surface area contributed by atoms with Crippen LogP contribution < -0.4 is 66.7 Å². The minimum atomic E-state index is -1.67. The van der Waals surface area contributed by atoms with Crippen LogP contribution in [0.25, 0.3) is 0 Å². The molecule has 0 unspecified atom stereocenters. The minimum Gasteiger partial charge on any atom is -0.480 e. The van der Waals surface area contributed by atoms with Crippen molar-refractivity contribution in [3.05, 3.63) is 57.8 Å². The van der Waals surface area contributed by atoms with Crippen molar-refractivity contribution in [1.82, 2.24) is 46.2 Å². The molecule has 93 heavy (non-hydrogen) atoms. The number of carboxylic acids is 1. The van der Waals surface area contributed by atoms with E-state index in [4.69, 9.17) is 40.1 Å². The topological polar surface area (TPSA) is 524 Å². The van der Waals surface area contributed by atoms with Crippen molar-refractivity contribution in [1.29, 1.82) is 0 Å². The van der Waals surface area contributed by atoms with E-state index in [2.05, 4.69) is 41.6 Å². The van der Waals surface area contributed by atoms with Crippen LogP contribution in [-0.4, -0.2) is 224 Å². The maximum absolute atomic E-state index is 15.4. The number of carbonyl (C=O) groups is 10. The van der Waals surface area contributed by atoms with Gasteiger partial charge in [0.15, 0.2) is 17.9 Å². The summed E-state index contributed by atoms with van der Waals surface area (Å²) in [6.07, 6.45) is 3.37. The molecule has 9 amide bonds. The standard InChI is InChI=1S/C60H91N19O13S/c1-32(71-51(85)45-27-36(81)30-78(45)55(89)44-19-9-23-76(44)53(87)39(16-7-21-69-59(64)65)72-49(83)38(61)15-6-20-68-58(62)63)48(82)74-41(28-37-14-10-24-93-37)50(84)75-42(31-80)54(88)77-29-35-13-3-2-11-33(35)25-47(77)56(90)79-43-18-5-4-12-34(43)26-46(79)52(86)73-40(57(91)92)17-8-22-70-60(66)67/h2-3,10-11,13-14,24,32,34,36,38-47,80-81H,4-9,12,15-23,25-31,61H2,1H3,(H,71,85)(H,72,83)(H,73,86)(H,74,82)(H,75,84)(H,91,92)(H4,62,63,68)(H4,64,65,69)(H4,66,67,70)/t32-,34-,36-,38+,39-,40-,41-,42-,43-,44-,45-,46-,47+/m0/s1. The summed E-state index contributed by atoms with van der Waals surface area (Å²) < 4.78 is 0. The van der Waals surface area contributed by atoms with E-state index in [0.29, 0.717) is 29.7 Å². The van der Waals surface area contributed by atoms with Gasteiger partial charge in [-0.15, -0.1) is 11.3 Å². The number of fused-ring (bicyclic) bond motifs is 2. The Morgan fingerprint density at radius 1 is 0.613 bits per heavy atom. The molecule has 22 N–H and O–H groups in total. The zero-order chi connectivity index (χ0) is 67.6. The molecule has 5 heterocycles. The Kier molecular flexibility index (Phi) is 26.0. The highest BCUT2D eigenvalue weighted by atomic mass is 32.1. The van der Waals surface area contributed by atoms with Gasteiger partial charge >= 0.3 is 5.97 Å². The predicted molar refractivity (Wildman–Crippen MR) is 342 cm³/mol. The number of aliphatic hydroxyl groups excluding tert-OH is 2. The number of hydrogen-bond donors (Lipinski definition) is 15. The number of benzene rings is 1. The van der Waals surface area contributed by atoms with Crippen LogP contribution in [0.15, 0.2) is 56.8 Å². The van der Waals surface area contributed by atoms with Gasteiger partial charge in [-0.2, -0.15) is 0 Å². The molecule has 1 aromatic carbocycles. The van der Waals surface area contributed by atoms with Crippen LogP contribution in [0.3, 0.4) is 0 Å². The lowest BCUT2D eigenvalue weighted by atomic mass is 9.84. The highest BCUT2D eigenvalue weighted by Gasteiger charge is 2.52. The van der Waals surface area contributed by atoms with Gasteiger partial charge < -0.3 is 102 Å². The Hall–Kier alpha value is -8.69. The fraction of sp³-hybridized carbons (Fsp3) is 0.617. The lowest BCUT2D eigenvalue weighted by Crippen LogP contribution is -2.63. The first kappa shape index (κ1) is 71.7. The number of aliphatic imine (C=N–C) groups is 3. The second kappa shape index (κ2) is 33.8. The smallest absolute Gasteiger partial charge is 0.326 e. The predicted octanol–water partition coefficient (Wildman–Crippen LogP) is -4.63. The zero-order valence-electron chi connectivity index (χ0n) is 52.3. The first-order valence-electron chi connectivity index (χ1n) is 31.6. The first-order chi connectivity index (χ1) is 44.4. The molecule has 1 aliphatic carbocycles. The van der Waals surface area contributed by atoms with E-state index >= 15 is 9.59 Å². The molecule has 4 fully saturated rings. The average molecular weight is 1320 g/mol. The number of aliphatic hydroxyl groups is 2. The van der Waals surface area contributed by atoms with Crippen LogP contribution in [-0.2, 0) is 67.3 Å². The highest BCUT2D eigenvalue weighted by molar-refractivity contribution is 7.09. The molecule has 3 saturated heterocycles. The van der Waals surface area contributed by atoms with E-state index in [1.54, 1.807) is 35.7 Å². The van der Waals surface area contributed by atoms with Gasteiger partial charge in [0, 0.05) is 69.4 Å². The van der Waals surface area contributed by atoms with Crippen LogP contribution in [0.1, 0.15) is 113 Å². The minimum absolute atomic E-state index is 0.000976. The summed E-state index contributed by atoms with van der Waals surface area (Å²) in [5.41, 5.74) is 40.3. The summed E-state index contributed by atoms with van der Waals surface area (Å²) in [6, 6.07) is -2.50. The van der Waals surface area contributed by atoms with Gasteiger partial charge in [-0.05, 0) is 106 Å². The van der Waals surface area contributed by atoms with Gasteiger partial charge in [-0.1, -0.05) is 43.2 Å². The summed E-state index contributed by atoms with van der Waals surface area (Å²) in [6.45, 7) is 0.590. The van der Waals surface area contributed by atoms with E-state index in [1.165, 1.54) is 33.0 Å². The Morgan fingerprint density at radius 3 is 1.85 bits per heavy atom. The SMILES string of the molecule is C[C@H](NC(=O)[C@@H]1C[C@H](O)CN1C(=O)[C@@H]1CCCN1C(=O)[C@H](CCCN=C(N)N)NC(=O)[C@H](N)CCCN=C(N)N)C(=O)N[C@@H](Cc1cccs1)C(=O)N[C@@H](CO)C(=O)N1Cc2ccccc2C[C@@H]1C(=O)N1[C@H](C(=O)N[C@@H](CCCN=C(N)N)C(=O)O)C[C@@H]2CCCC[C@@H]21. The number of amides is 9. The van der Waals surface area contributed by atoms with E-state index < -0.39 is 138 Å². The number of hydrogen-bond acceptors (Lipinski definition) is 17. The molecule has 1 saturated carbocycles. The quantitative estimate of drug-likeness (QED) is 0.0199. The molecule has 4 aliphatic heterocycles. The molecule has 510 valence electrons. The molecule has 33 heteroatoms. The van der Waals surface area contributed by atoms with Gasteiger partial charge in [0.05, 0.1) is 18.8 Å². The molecule has 7 rings (SSSR count). The number of thiophene rings is 1. The molecule has 5 aliphatic rings. The highest BCUT2D eigenvalue weighted by Crippen LogP contribution is 2.41. The molecular formula is C60H91N19O13S. The normalized spacial score (nSPS) is 22.6. The number of carbonyl (C=O) groups excluding carboxylic acids is 9. The van der Waals surface area contributed by atoms with Gasteiger partial charge in [0.2, 0.25) is 53.2 Å². The van der Waals surface area contributed by atoms with Crippen LogP contribution >= 0.6 is 11.3 Å². The Labute approximate surface area is 542 Å². The van der Waals surface area contributed by atoms with Crippen molar-refractivity contribution in [2.75, 3.05) is 39.3 Å².